The molecule has 39 heavy (non-hydrogen) atoms. The molecule has 1 amide bonds. The zero-order chi connectivity index (χ0) is 27.6. The number of benzene rings is 3. The minimum atomic E-state index is -3.71. The Hall–Kier alpha value is -3.45. The topological polar surface area (TPSA) is 116 Å². The van der Waals surface area contributed by atoms with E-state index in [1.807, 2.05) is 25.2 Å². The molecule has 0 spiro atoms. The van der Waals surface area contributed by atoms with E-state index in [-0.39, 0.29) is 16.4 Å². The molecule has 0 aromatic heterocycles. The maximum Gasteiger partial charge on any atom is 0.264 e. The number of carbonyl (C=O) groups is 1. The molecule has 3 aromatic carbocycles. The number of nitrogens with one attached hydrogen (secondary N) is 1. The summed E-state index contributed by atoms with van der Waals surface area (Å²) in [5.41, 5.74) is 2.13. The maximum atomic E-state index is 13.1. The molecule has 0 atom stereocenters. The lowest BCUT2D eigenvalue weighted by molar-refractivity contribution is -0.118. The van der Waals surface area contributed by atoms with E-state index in [9.17, 15) is 21.6 Å². The number of amides is 1. The highest BCUT2D eigenvalue weighted by atomic mass is 32.2. The van der Waals surface area contributed by atoms with Gasteiger partial charge in [0.1, 0.15) is 5.75 Å². The number of fused-ring (bicyclic) bond motifs is 1. The van der Waals surface area contributed by atoms with Gasteiger partial charge in [-0.1, -0.05) is 18.2 Å². The van der Waals surface area contributed by atoms with Gasteiger partial charge in [-0.25, -0.2) is 16.8 Å². The predicted molar refractivity (Wildman–Crippen MR) is 148 cm³/mol. The van der Waals surface area contributed by atoms with Gasteiger partial charge in [-0.3, -0.25) is 9.10 Å². The van der Waals surface area contributed by atoms with Gasteiger partial charge in [0.05, 0.1) is 15.5 Å². The summed E-state index contributed by atoms with van der Waals surface area (Å²) >= 11 is 0. The molecule has 5 rings (SSSR count). The number of likely N-dealkylation sites (N-methyl/N-ethyl adjacent to an activating group) is 1. The predicted octanol–water partition coefficient (Wildman–Crippen LogP) is 2.39. The molecular weight excluding hydrogens is 540 g/mol. The van der Waals surface area contributed by atoms with E-state index in [2.05, 4.69) is 10.2 Å². The fourth-order valence-corrected chi connectivity index (χ4v) is 7.55. The first kappa shape index (κ1) is 27.1. The fraction of sp³-hybridized carbons (Fsp3) is 0.296. The number of piperazine rings is 1. The molecule has 0 bridgehead atoms. The number of para-hydroxylation sites is 1. The Kier molecular flexibility index (Phi) is 7.63. The molecule has 0 aliphatic carbocycles. The number of hydrogen-bond donors (Lipinski definition) is 1. The van der Waals surface area contributed by atoms with Crippen molar-refractivity contribution in [1.82, 2.24) is 9.21 Å². The minimum Gasteiger partial charge on any atom is -0.484 e. The zero-order valence-corrected chi connectivity index (χ0v) is 23.1. The second kappa shape index (κ2) is 11.0. The first-order valence-electron chi connectivity index (χ1n) is 12.6. The van der Waals surface area contributed by atoms with Crippen LogP contribution in [0, 0.1) is 0 Å². The van der Waals surface area contributed by atoms with Crippen LogP contribution in [-0.4, -0.2) is 78.3 Å². The molecule has 0 unspecified atom stereocenters. The van der Waals surface area contributed by atoms with E-state index in [1.54, 1.807) is 6.07 Å². The SMILES string of the molecule is CN1CCN(S(=O)(=O)c2ccc(NC(=O)COc3ccc(S(=O)(=O)N4CCc5ccccc54)cc3)cc2)CC1. The van der Waals surface area contributed by atoms with Crippen LogP contribution in [0.3, 0.4) is 0 Å². The molecule has 3 aromatic rings. The zero-order valence-electron chi connectivity index (χ0n) is 21.5. The van der Waals surface area contributed by atoms with Crippen molar-refractivity contribution in [2.45, 2.75) is 16.2 Å². The van der Waals surface area contributed by atoms with Crippen LogP contribution >= 0.6 is 0 Å². The second-order valence-electron chi connectivity index (χ2n) is 9.50. The monoisotopic (exact) mass is 570 g/mol. The molecule has 1 N–H and O–H groups in total. The quantitative estimate of drug-likeness (QED) is 0.442. The summed E-state index contributed by atoms with van der Waals surface area (Å²) in [6, 6.07) is 19.4. The lowest BCUT2D eigenvalue weighted by Crippen LogP contribution is -2.46. The minimum absolute atomic E-state index is 0.141. The number of rotatable bonds is 8. The van der Waals surface area contributed by atoms with Crippen LogP contribution in [0.5, 0.6) is 5.75 Å². The Bertz CT molecular complexity index is 1550. The van der Waals surface area contributed by atoms with Gasteiger partial charge in [-0.2, -0.15) is 4.31 Å². The number of ether oxygens (including phenoxy) is 1. The molecule has 2 heterocycles. The molecular formula is C27H30N4O6S2. The van der Waals surface area contributed by atoms with E-state index < -0.39 is 26.0 Å². The lowest BCUT2D eigenvalue weighted by Gasteiger charge is -2.31. The Labute approximate surface area is 228 Å². The highest BCUT2D eigenvalue weighted by Gasteiger charge is 2.30. The number of nitrogens with zero attached hydrogens (tertiary/aromatic N) is 3. The van der Waals surface area contributed by atoms with Gasteiger partial charge in [-0.05, 0) is 73.6 Å². The largest absolute Gasteiger partial charge is 0.484 e. The number of anilines is 2. The average Bonchev–Trinajstić information content (AvgIpc) is 3.38. The van der Waals surface area contributed by atoms with E-state index >= 15 is 0 Å². The van der Waals surface area contributed by atoms with Gasteiger partial charge in [0.15, 0.2) is 6.61 Å². The van der Waals surface area contributed by atoms with Crippen LogP contribution in [-0.2, 0) is 31.3 Å². The maximum absolute atomic E-state index is 13.1. The Morgan fingerprint density at radius 3 is 2.10 bits per heavy atom. The Morgan fingerprint density at radius 1 is 0.795 bits per heavy atom. The normalized spacial score (nSPS) is 16.6. The van der Waals surface area contributed by atoms with Gasteiger partial charge in [0, 0.05) is 38.4 Å². The lowest BCUT2D eigenvalue weighted by atomic mass is 10.2. The van der Waals surface area contributed by atoms with Gasteiger partial charge >= 0.3 is 0 Å². The molecule has 1 saturated heterocycles. The first-order chi connectivity index (χ1) is 18.6. The van der Waals surface area contributed by atoms with Gasteiger partial charge < -0.3 is 15.0 Å². The van der Waals surface area contributed by atoms with Crippen LogP contribution in [0.2, 0.25) is 0 Å². The highest BCUT2D eigenvalue weighted by molar-refractivity contribution is 7.92. The van der Waals surface area contributed by atoms with Crippen LogP contribution < -0.4 is 14.4 Å². The Balaban J connectivity index is 1.15. The van der Waals surface area contributed by atoms with E-state index in [0.29, 0.717) is 56.3 Å². The number of carbonyl (C=O) groups excluding carboxylic acids is 1. The number of sulfonamides is 2. The van der Waals surface area contributed by atoms with Crippen molar-refractivity contribution in [1.29, 1.82) is 0 Å². The summed E-state index contributed by atoms with van der Waals surface area (Å²) in [6.45, 7) is 2.33. The van der Waals surface area contributed by atoms with E-state index in [1.165, 1.54) is 57.1 Å². The molecule has 2 aliphatic rings. The van der Waals surface area contributed by atoms with E-state index in [0.717, 1.165) is 5.56 Å². The molecule has 206 valence electrons. The van der Waals surface area contributed by atoms with Crippen molar-refractivity contribution >= 4 is 37.3 Å². The van der Waals surface area contributed by atoms with Crippen LogP contribution in [0.1, 0.15) is 5.56 Å². The standard InChI is InChI=1S/C27H30N4O6S2/c1-29-16-18-30(19-17-29)38(33,34)24-10-6-22(7-11-24)28-27(32)20-37-23-8-12-25(13-9-23)39(35,36)31-15-14-21-4-2-3-5-26(21)31/h2-13H,14-20H2,1H3,(H,28,32). The summed E-state index contributed by atoms with van der Waals surface area (Å²) in [5.74, 6) is -0.0883. The summed E-state index contributed by atoms with van der Waals surface area (Å²) in [5, 5.41) is 2.68. The van der Waals surface area contributed by atoms with Gasteiger partial charge in [-0.15, -0.1) is 0 Å². The third kappa shape index (κ3) is 5.78. The van der Waals surface area contributed by atoms with Gasteiger partial charge in [0.25, 0.3) is 15.9 Å². The average molecular weight is 571 g/mol. The molecule has 12 heteroatoms. The van der Waals surface area contributed by atoms with Crippen molar-refractivity contribution in [2.24, 2.45) is 0 Å². The van der Waals surface area contributed by atoms with Crippen molar-refractivity contribution in [3.63, 3.8) is 0 Å². The first-order valence-corrected chi connectivity index (χ1v) is 15.4. The summed E-state index contributed by atoms with van der Waals surface area (Å²) < 4.78 is 60.4. The highest BCUT2D eigenvalue weighted by Crippen LogP contribution is 2.33. The molecule has 0 radical (unpaired) electrons. The van der Waals surface area contributed by atoms with Crippen LogP contribution in [0.4, 0.5) is 11.4 Å². The van der Waals surface area contributed by atoms with Crippen molar-refractivity contribution in [3.05, 3.63) is 78.4 Å². The Morgan fingerprint density at radius 2 is 1.41 bits per heavy atom. The smallest absolute Gasteiger partial charge is 0.264 e. The van der Waals surface area contributed by atoms with Crippen molar-refractivity contribution < 1.29 is 26.4 Å². The third-order valence-corrected chi connectivity index (χ3v) is 10.6. The summed E-state index contributed by atoms with van der Waals surface area (Å²) in [7, 11) is -5.34. The molecule has 0 saturated carbocycles. The molecule has 1 fully saturated rings. The van der Waals surface area contributed by atoms with Crippen LogP contribution in [0.25, 0.3) is 0 Å². The summed E-state index contributed by atoms with van der Waals surface area (Å²) in [4.78, 5) is 14.8. The molecule has 10 nitrogen and oxygen atoms in total. The summed E-state index contributed by atoms with van der Waals surface area (Å²) in [6.07, 6.45) is 0.667. The third-order valence-electron chi connectivity index (χ3n) is 6.86. The van der Waals surface area contributed by atoms with Crippen LogP contribution in [0.15, 0.2) is 82.6 Å². The van der Waals surface area contributed by atoms with Crippen molar-refractivity contribution in [3.8, 4) is 5.75 Å². The fourth-order valence-electron chi connectivity index (χ4n) is 4.63. The van der Waals surface area contributed by atoms with Crippen molar-refractivity contribution in [2.75, 3.05) is 56.0 Å². The second-order valence-corrected chi connectivity index (χ2v) is 13.3. The van der Waals surface area contributed by atoms with E-state index in [4.69, 9.17) is 4.74 Å². The number of hydrogen-bond acceptors (Lipinski definition) is 7. The van der Waals surface area contributed by atoms with Gasteiger partial charge in [0.2, 0.25) is 10.0 Å². The molecule has 2 aliphatic heterocycles.